The second-order valence-corrected chi connectivity index (χ2v) is 6.45. The number of carbonyl (C=O) groups excluding carboxylic acids is 1. The van der Waals surface area contributed by atoms with Gasteiger partial charge in [-0.15, -0.1) is 0 Å². The van der Waals surface area contributed by atoms with Crippen molar-refractivity contribution in [2.45, 2.75) is 63.3 Å². The Hall–Kier alpha value is -0.820. The van der Waals surface area contributed by atoms with Crippen molar-refractivity contribution in [3.8, 4) is 0 Å². The molecular formula is C15H25F3N2O2. The van der Waals surface area contributed by atoms with Crippen LogP contribution in [0.1, 0.15) is 45.4 Å². The van der Waals surface area contributed by atoms with Crippen LogP contribution in [-0.4, -0.2) is 64.8 Å². The molecule has 0 saturated carbocycles. The van der Waals surface area contributed by atoms with Crippen LogP contribution in [0.5, 0.6) is 0 Å². The summed E-state index contributed by atoms with van der Waals surface area (Å²) in [6.45, 7) is 3.17. The fraction of sp³-hybridized carbons (Fsp3) is 0.933. The zero-order chi connectivity index (χ0) is 16.4. The molecule has 0 aromatic carbocycles. The Morgan fingerprint density at radius 3 is 2.41 bits per heavy atom. The van der Waals surface area contributed by atoms with Crippen molar-refractivity contribution in [2.75, 3.05) is 26.2 Å². The van der Waals surface area contributed by atoms with Gasteiger partial charge in [0.05, 0.1) is 6.54 Å². The highest BCUT2D eigenvalue weighted by molar-refractivity contribution is 5.78. The van der Waals surface area contributed by atoms with E-state index in [2.05, 4.69) is 6.92 Å². The predicted octanol–water partition coefficient (Wildman–Crippen LogP) is 2.17. The lowest BCUT2D eigenvalue weighted by atomic mass is 9.91. The number of aliphatic hydroxyl groups is 1. The van der Waals surface area contributed by atoms with Crippen LogP contribution >= 0.6 is 0 Å². The van der Waals surface area contributed by atoms with E-state index in [1.54, 1.807) is 4.90 Å². The number of amides is 1. The third kappa shape index (κ3) is 3.74. The van der Waals surface area contributed by atoms with Gasteiger partial charge in [0.15, 0.2) is 5.60 Å². The number of halogens is 3. The van der Waals surface area contributed by atoms with Crippen molar-refractivity contribution in [2.24, 2.45) is 0 Å². The molecule has 4 nitrogen and oxygen atoms in total. The zero-order valence-electron chi connectivity index (χ0n) is 13.0. The van der Waals surface area contributed by atoms with Crippen LogP contribution in [0, 0.1) is 0 Å². The average Bonchev–Trinajstić information content (AvgIpc) is 2.48. The summed E-state index contributed by atoms with van der Waals surface area (Å²) in [6, 6.07) is 0.262. The average molecular weight is 322 g/mol. The SMILES string of the molecule is CCC1CCCCN1C(=O)CN1CCC(O)(C(F)(F)F)CC1. The number of alkyl halides is 3. The van der Waals surface area contributed by atoms with E-state index in [1.165, 1.54) is 0 Å². The Labute approximate surface area is 129 Å². The van der Waals surface area contributed by atoms with Crippen molar-refractivity contribution in [1.29, 1.82) is 0 Å². The summed E-state index contributed by atoms with van der Waals surface area (Å²) in [7, 11) is 0. The minimum atomic E-state index is -4.59. The highest BCUT2D eigenvalue weighted by atomic mass is 19.4. The number of nitrogens with zero attached hydrogens (tertiary/aromatic N) is 2. The smallest absolute Gasteiger partial charge is 0.380 e. The van der Waals surface area contributed by atoms with Crippen LogP contribution in [0.3, 0.4) is 0 Å². The summed E-state index contributed by atoms with van der Waals surface area (Å²) in [5.74, 6) is 0.00370. The molecule has 1 unspecified atom stereocenters. The Morgan fingerprint density at radius 2 is 1.86 bits per heavy atom. The molecule has 0 radical (unpaired) electrons. The second-order valence-electron chi connectivity index (χ2n) is 6.45. The van der Waals surface area contributed by atoms with Gasteiger partial charge in [0.1, 0.15) is 0 Å². The molecule has 0 aliphatic carbocycles. The van der Waals surface area contributed by atoms with Gasteiger partial charge in [-0.1, -0.05) is 6.92 Å². The van der Waals surface area contributed by atoms with Crippen LogP contribution in [0.25, 0.3) is 0 Å². The van der Waals surface area contributed by atoms with Gasteiger partial charge < -0.3 is 10.0 Å². The normalized spacial score (nSPS) is 27.0. The quantitative estimate of drug-likeness (QED) is 0.866. The predicted molar refractivity (Wildman–Crippen MR) is 76.3 cm³/mol. The van der Waals surface area contributed by atoms with E-state index in [-0.39, 0.29) is 44.4 Å². The first-order chi connectivity index (χ1) is 10.3. The summed E-state index contributed by atoms with van der Waals surface area (Å²) in [5, 5.41) is 9.64. The number of hydrogen-bond donors (Lipinski definition) is 1. The summed E-state index contributed by atoms with van der Waals surface area (Å²) in [6.07, 6.45) is -1.26. The largest absolute Gasteiger partial charge is 0.417 e. The van der Waals surface area contributed by atoms with Gasteiger partial charge in [-0.25, -0.2) is 0 Å². The summed E-state index contributed by atoms with van der Waals surface area (Å²) < 4.78 is 38.3. The molecule has 1 amide bonds. The van der Waals surface area contributed by atoms with Crippen molar-refractivity contribution in [1.82, 2.24) is 9.80 Å². The number of rotatable bonds is 3. The molecule has 2 rings (SSSR count). The third-order valence-corrected chi connectivity index (χ3v) is 4.99. The molecule has 1 N–H and O–H groups in total. The first kappa shape index (κ1) is 17.5. The van der Waals surface area contributed by atoms with E-state index >= 15 is 0 Å². The fourth-order valence-corrected chi connectivity index (χ4v) is 3.40. The van der Waals surface area contributed by atoms with Crippen LogP contribution in [0.2, 0.25) is 0 Å². The molecule has 7 heteroatoms. The third-order valence-electron chi connectivity index (χ3n) is 4.99. The molecular weight excluding hydrogens is 297 g/mol. The topological polar surface area (TPSA) is 43.8 Å². The van der Waals surface area contributed by atoms with Crippen molar-refractivity contribution < 1.29 is 23.1 Å². The highest BCUT2D eigenvalue weighted by Gasteiger charge is 2.54. The van der Waals surface area contributed by atoms with E-state index in [9.17, 15) is 23.1 Å². The second kappa shape index (κ2) is 6.74. The summed E-state index contributed by atoms with van der Waals surface area (Å²) in [4.78, 5) is 16.0. The highest BCUT2D eigenvalue weighted by Crippen LogP contribution is 2.38. The van der Waals surface area contributed by atoms with E-state index in [0.29, 0.717) is 0 Å². The minimum Gasteiger partial charge on any atom is -0.380 e. The number of piperidine rings is 2. The van der Waals surface area contributed by atoms with Gasteiger partial charge in [-0.05, 0) is 38.5 Å². The molecule has 2 heterocycles. The maximum absolute atomic E-state index is 12.8. The van der Waals surface area contributed by atoms with Crippen LogP contribution < -0.4 is 0 Å². The Balaban J connectivity index is 1.86. The van der Waals surface area contributed by atoms with Gasteiger partial charge >= 0.3 is 6.18 Å². The summed E-state index contributed by atoms with van der Waals surface area (Å²) in [5.41, 5.74) is -2.59. The van der Waals surface area contributed by atoms with Crippen LogP contribution in [0.15, 0.2) is 0 Å². The Morgan fingerprint density at radius 1 is 1.23 bits per heavy atom. The lowest BCUT2D eigenvalue weighted by Crippen LogP contribution is -2.55. The Bertz CT molecular complexity index is 393. The van der Waals surface area contributed by atoms with Gasteiger partial charge in [-0.3, -0.25) is 9.69 Å². The lowest BCUT2D eigenvalue weighted by molar-refractivity contribution is -0.272. The van der Waals surface area contributed by atoms with Gasteiger partial charge in [-0.2, -0.15) is 13.2 Å². The molecule has 2 saturated heterocycles. The van der Waals surface area contributed by atoms with Crippen LogP contribution in [-0.2, 0) is 4.79 Å². The lowest BCUT2D eigenvalue weighted by Gasteiger charge is -2.40. The number of carbonyl (C=O) groups is 1. The van der Waals surface area contributed by atoms with Crippen molar-refractivity contribution >= 4 is 5.91 Å². The Kier molecular flexibility index (Phi) is 5.37. The molecule has 2 aliphatic heterocycles. The monoisotopic (exact) mass is 322 g/mol. The van der Waals surface area contributed by atoms with E-state index in [4.69, 9.17) is 0 Å². The standard InChI is InChI=1S/C15H25F3N2O2/c1-2-12-5-3-4-8-20(12)13(21)11-19-9-6-14(22,7-10-19)15(16,17)18/h12,22H,2-11H2,1H3. The van der Waals surface area contributed by atoms with Gasteiger partial charge in [0, 0.05) is 25.7 Å². The number of likely N-dealkylation sites (tertiary alicyclic amines) is 2. The summed E-state index contributed by atoms with van der Waals surface area (Å²) >= 11 is 0. The molecule has 0 spiro atoms. The molecule has 0 bridgehead atoms. The van der Waals surface area contributed by atoms with Gasteiger partial charge in [0.2, 0.25) is 5.91 Å². The van der Waals surface area contributed by atoms with Crippen molar-refractivity contribution in [3.05, 3.63) is 0 Å². The number of hydrogen-bond acceptors (Lipinski definition) is 3. The van der Waals surface area contributed by atoms with Crippen molar-refractivity contribution in [3.63, 3.8) is 0 Å². The van der Waals surface area contributed by atoms with Gasteiger partial charge in [0.25, 0.3) is 0 Å². The van der Waals surface area contributed by atoms with Crippen LogP contribution in [0.4, 0.5) is 13.2 Å². The maximum atomic E-state index is 12.8. The molecule has 2 aliphatic rings. The molecule has 0 aromatic heterocycles. The maximum Gasteiger partial charge on any atom is 0.417 e. The van der Waals surface area contributed by atoms with E-state index in [1.807, 2.05) is 4.90 Å². The first-order valence-electron chi connectivity index (χ1n) is 8.08. The molecule has 2 fully saturated rings. The van der Waals surface area contributed by atoms with E-state index < -0.39 is 11.8 Å². The molecule has 128 valence electrons. The minimum absolute atomic E-state index is 0.00370. The fourth-order valence-electron chi connectivity index (χ4n) is 3.40. The van der Waals surface area contributed by atoms with E-state index in [0.717, 1.165) is 32.2 Å². The molecule has 0 aromatic rings. The first-order valence-corrected chi connectivity index (χ1v) is 8.08. The molecule has 1 atom stereocenters. The zero-order valence-corrected chi connectivity index (χ0v) is 13.0. The molecule has 22 heavy (non-hydrogen) atoms.